The highest BCUT2D eigenvalue weighted by atomic mass is 79.9. The highest BCUT2D eigenvalue weighted by Crippen LogP contribution is 2.55. The molecule has 2 aliphatic carbocycles. The summed E-state index contributed by atoms with van der Waals surface area (Å²) in [5.74, 6) is -1.69. The van der Waals surface area contributed by atoms with Crippen LogP contribution in [0.25, 0.3) is 0 Å². The molecule has 0 radical (unpaired) electrons. The fourth-order valence-electron chi connectivity index (χ4n) is 5.65. The molecule has 2 aromatic carbocycles. The molecule has 1 saturated heterocycles. The van der Waals surface area contributed by atoms with Crippen LogP contribution in [-0.4, -0.2) is 30.3 Å². The van der Waals surface area contributed by atoms with Crippen molar-refractivity contribution in [2.24, 2.45) is 23.7 Å². The van der Waals surface area contributed by atoms with E-state index in [1.165, 1.54) is 22.6 Å². The van der Waals surface area contributed by atoms with E-state index in [9.17, 15) is 19.2 Å². The molecule has 0 aromatic heterocycles. The third-order valence-electron chi connectivity index (χ3n) is 7.30. The number of fused-ring (bicyclic) bond motifs is 5. The maximum atomic E-state index is 13.1. The molecule has 0 unspecified atom stereocenters. The minimum atomic E-state index is -0.660. The Kier molecular flexibility index (Phi) is 6.09. The fourth-order valence-corrected chi connectivity index (χ4v) is 6.06. The Hall–Kier alpha value is -3.26. The van der Waals surface area contributed by atoms with E-state index in [4.69, 9.17) is 4.74 Å². The largest absolute Gasteiger partial charge is 0.452 e. The van der Waals surface area contributed by atoms with Crippen LogP contribution >= 0.6 is 15.9 Å². The van der Waals surface area contributed by atoms with Gasteiger partial charge in [0.15, 0.2) is 6.61 Å². The first-order valence-electron chi connectivity index (χ1n) is 11.7. The lowest BCUT2D eigenvalue weighted by Crippen LogP contribution is -2.33. The van der Waals surface area contributed by atoms with Crippen LogP contribution in [0.1, 0.15) is 36.2 Å². The number of carbonyl (C=O) groups is 4. The number of amides is 3. The van der Waals surface area contributed by atoms with Gasteiger partial charge in [-0.25, -0.2) is 4.79 Å². The van der Waals surface area contributed by atoms with Gasteiger partial charge in [0.25, 0.3) is 5.91 Å². The number of hydrogen-bond donors (Lipinski definition) is 1. The molecular weight excluding hydrogens is 512 g/mol. The van der Waals surface area contributed by atoms with E-state index < -0.39 is 18.5 Å². The lowest BCUT2D eigenvalue weighted by Gasteiger charge is -2.19. The summed E-state index contributed by atoms with van der Waals surface area (Å²) in [6.07, 6.45) is 3.75. The maximum absolute atomic E-state index is 13.1. The summed E-state index contributed by atoms with van der Waals surface area (Å²) in [5, 5.41) is 2.76. The van der Waals surface area contributed by atoms with Crippen molar-refractivity contribution in [2.45, 2.75) is 26.7 Å². The molecule has 7 nitrogen and oxygen atoms in total. The molecule has 4 atom stereocenters. The third-order valence-corrected chi connectivity index (χ3v) is 7.79. The lowest BCUT2D eigenvalue weighted by molar-refractivity contribution is -0.123. The second-order valence-electron chi connectivity index (χ2n) is 9.31. The fraction of sp³-hybridized carbons (Fsp3) is 0.333. The number of rotatable bonds is 6. The molecule has 2 aromatic rings. The first-order chi connectivity index (χ1) is 16.8. The molecule has 8 heteroatoms. The van der Waals surface area contributed by atoms with Crippen LogP contribution in [0.4, 0.5) is 11.4 Å². The molecule has 1 aliphatic heterocycles. The Balaban J connectivity index is 1.20. The summed E-state index contributed by atoms with van der Waals surface area (Å²) < 4.78 is 6.08. The molecular formula is C27H25BrN2O5. The molecule has 0 spiro atoms. The van der Waals surface area contributed by atoms with E-state index in [-0.39, 0.29) is 41.0 Å². The quantitative estimate of drug-likeness (QED) is 0.333. The van der Waals surface area contributed by atoms with Gasteiger partial charge < -0.3 is 10.1 Å². The van der Waals surface area contributed by atoms with Gasteiger partial charge in [-0.15, -0.1) is 0 Å². The number of imide groups is 1. The second kappa shape index (κ2) is 9.07. The van der Waals surface area contributed by atoms with E-state index in [2.05, 4.69) is 27.3 Å². The molecule has 2 bridgehead atoms. The summed E-state index contributed by atoms with van der Waals surface area (Å²) in [6, 6.07) is 11.7. The van der Waals surface area contributed by atoms with Gasteiger partial charge >= 0.3 is 5.97 Å². The summed E-state index contributed by atoms with van der Waals surface area (Å²) in [5.41, 5.74) is 3.51. The molecule has 5 rings (SSSR count). The van der Waals surface area contributed by atoms with Crippen molar-refractivity contribution in [3.8, 4) is 0 Å². The van der Waals surface area contributed by atoms with Crippen molar-refractivity contribution >= 4 is 51.0 Å². The van der Waals surface area contributed by atoms with E-state index >= 15 is 0 Å². The number of nitrogens with one attached hydrogen (secondary N) is 1. The Morgan fingerprint density at radius 1 is 1.09 bits per heavy atom. The van der Waals surface area contributed by atoms with Crippen molar-refractivity contribution in [3.05, 3.63) is 69.7 Å². The van der Waals surface area contributed by atoms with E-state index in [1.807, 2.05) is 26.0 Å². The van der Waals surface area contributed by atoms with E-state index in [0.717, 1.165) is 22.9 Å². The first kappa shape index (κ1) is 23.5. The van der Waals surface area contributed by atoms with Crippen molar-refractivity contribution in [2.75, 3.05) is 16.8 Å². The summed E-state index contributed by atoms with van der Waals surface area (Å²) in [6.45, 7) is 3.59. The zero-order chi connectivity index (χ0) is 24.9. The highest BCUT2D eigenvalue weighted by Gasteiger charge is 2.60. The average Bonchev–Trinajstić information content (AvgIpc) is 3.48. The van der Waals surface area contributed by atoms with Crippen LogP contribution in [0.2, 0.25) is 0 Å². The Bertz CT molecular complexity index is 1270. The predicted molar refractivity (Wildman–Crippen MR) is 134 cm³/mol. The first-order valence-corrected chi connectivity index (χ1v) is 12.5. The van der Waals surface area contributed by atoms with Crippen LogP contribution in [0.3, 0.4) is 0 Å². The van der Waals surface area contributed by atoms with Crippen molar-refractivity contribution in [1.29, 1.82) is 0 Å². The molecule has 35 heavy (non-hydrogen) atoms. The molecule has 1 saturated carbocycles. The standard InChI is InChI=1S/C27H25BrN2O5/c1-3-15-11-18(28)6-9-21(15)29-22(31)13-35-27(34)16-4-7-19(8-5-16)30-25(32)23-17-10-14(2)20(12-17)24(23)26(30)33/h4-11,17,20,23-24H,3,12-13H2,1-2H3,(H,29,31)/t17-,20+,23+,24+/m0/s1. The molecule has 2 fully saturated rings. The lowest BCUT2D eigenvalue weighted by atomic mass is 9.82. The Labute approximate surface area is 211 Å². The minimum Gasteiger partial charge on any atom is -0.452 e. The number of halogens is 1. The number of anilines is 2. The third kappa shape index (κ3) is 4.10. The van der Waals surface area contributed by atoms with Gasteiger partial charge in [-0.3, -0.25) is 19.3 Å². The van der Waals surface area contributed by atoms with Gasteiger partial charge in [-0.2, -0.15) is 0 Å². The summed E-state index contributed by atoms with van der Waals surface area (Å²) in [4.78, 5) is 52.1. The van der Waals surface area contributed by atoms with Crippen LogP contribution in [-0.2, 0) is 25.5 Å². The topological polar surface area (TPSA) is 92.8 Å². The summed E-state index contributed by atoms with van der Waals surface area (Å²) >= 11 is 3.41. The number of nitrogens with zero attached hydrogens (tertiary/aromatic N) is 1. The molecule has 180 valence electrons. The zero-order valence-corrected chi connectivity index (χ0v) is 21.0. The molecule has 1 N–H and O–H groups in total. The summed E-state index contributed by atoms with van der Waals surface area (Å²) in [7, 11) is 0. The number of allylic oxidation sites excluding steroid dienone is 2. The van der Waals surface area contributed by atoms with Gasteiger partial charge in [0.05, 0.1) is 23.1 Å². The van der Waals surface area contributed by atoms with Crippen molar-refractivity contribution in [1.82, 2.24) is 0 Å². The second-order valence-corrected chi connectivity index (χ2v) is 10.2. The SMILES string of the molecule is CCc1cc(Br)ccc1NC(=O)COC(=O)c1ccc(N2C(=O)[C@H]3[C@H](C2=O)[C@H]2C=C(C)[C@H]3C2)cc1. The van der Waals surface area contributed by atoms with Crippen LogP contribution in [0.15, 0.2) is 58.6 Å². The van der Waals surface area contributed by atoms with Crippen molar-refractivity contribution < 1.29 is 23.9 Å². The normalized spacial score (nSPS) is 24.4. The van der Waals surface area contributed by atoms with Crippen LogP contribution in [0, 0.1) is 23.7 Å². The van der Waals surface area contributed by atoms with Crippen molar-refractivity contribution in [3.63, 3.8) is 0 Å². The van der Waals surface area contributed by atoms with E-state index in [1.54, 1.807) is 18.2 Å². The number of aryl methyl sites for hydroxylation is 1. The monoisotopic (exact) mass is 536 g/mol. The maximum Gasteiger partial charge on any atom is 0.338 e. The zero-order valence-electron chi connectivity index (χ0n) is 19.4. The number of hydrogen-bond acceptors (Lipinski definition) is 5. The number of ether oxygens (including phenoxy) is 1. The molecule has 3 amide bonds. The molecule has 1 heterocycles. The number of benzene rings is 2. The van der Waals surface area contributed by atoms with Crippen LogP contribution in [0.5, 0.6) is 0 Å². The minimum absolute atomic E-state index is 0.137. The van der Waals surface area contributed by atoms with Gasteiger partial charge in [0, 0.05) is 10.2 Å². The predicted octanol–water partition coefficient (Wildman–Crippen LogP) is 4.51. The van der Waals surface area contributed by atoms with Gasteiger partial charge in [-0.05, 0) is 79.6 Å². The van der Waals surface area contributed by atoms with E-state index in [0.29, 0.717) is 11.4 Å². The molecule has 3 aliphatic rings. The Morgan fingerprint density at radius 2 is 1.80 bits per heavy atom. The number of carbonyl (C=O) groups excluding carboxylic acids is 4. The van der Waals surface area contributed by atoms with Crippen LogP contribution < -0.4 is 10.2 Å². The Morgan fingerprint density at radius 3 is 2.51 bits per heavy atom. The average molecular weight is 537 g/mol. The highest BCUT2D eigenvalue weighted by molar-refractivity contribution is 9.10. The number of esters is 1. The van der Waals surface area contributed by atoms with Gasteiger partial charge in [0.2, 0.25) is 11.8 Å². The van der Waals surface area contributed by atoms with Gasteiger partial charge in [-0.1, -0.05) is 34.5 Å². The van der Waals surface area contributed by atoms with Gasteiger partial charge in [0.1, 0.15) is 0 Å². The smallest absolute Gasteiger partial charge is 0.338 e.